The maximum Gasteiger partial charge on any atom is 0.306 e. The van der Waals surface area contributed by atoms with Crippen LogP contribution < -0.4 is 4.74 Å². The third-order valence-corrected chi connectivity index (χ3v) is 7.77. The van der Waals surface area contributed by atoms with Crippen molar-refractivity contribution in [2.45, 2.75) is 96.2 Å². The van der Waals surface area contributed by atoms with Gasteiger partial charge in [-0.25, -0.2) is 0 Å². The lowest BCUT2D eigenvalue weighted by molar-refractivity contribution is -0.193. The van der Waals surface area contributed by atoms with Crippen LogP contribution >= 0.6 is 0 Å². The van der Waals surface area contributed by atoms with Gasteiger partial charge in [0.25, 0.3) is 0 Å². The Morgan fingerprint density at radius 1 is 1.08 bits per heavy atom. The van der Waals surface area contributed by atoms with E-state index < -0.39 is 0 Å². The third-order valence-electron chi connectivity index (χ3n) is 7.77. The standard InChI is InChI=1S/C31H44O7/c1-22(2)37-30(33)12-8-9-23-14-16-26-27(17-15-24(32)21-35-25-10-4-3-5-11-25)29(19-28(26)36-20-23)38-31-13-6-7-18-34-31/h3-5,10-11,15,17,22-23,26-29,31H,6-9,12-14,16,18-21H2,1-2H3/t23-,26+,27+,28-,29+,31?/m0/s1. The fourth-order valence-corrected chi connectivity index (χ4v) is 5.87. The molecule has 2 saturated heterocycles. The van der Waals surface area contributed by atoms with Crippen LogP contribution in [0.3, 0.4) is 0 Å². The first kappa shape index (κ1) is 28.8. The van der Waals surface area contributed by atoms with E-state index in [0.29, 0.717) is 30.6 Å². The first-order valence-corrected chi connectivity index (χ1v) is 14.4. The molecular formula is C31H44O7. The van der Waals surface area contributed by atoms with Crippen molar-refractivity contribution < 1.29 is 33.3 Å². The molecule has 0 amide bonds. The minimum Gasteiger partial charge on any atom is -0.485 e. The molecule has 2 heterocycles. The largest absolute Gasteiger partial charge is 0.485 e. The summed E-state index contributed by atoms with van der Waals surface area (Å²) >= 11 is 0. The van der Waals surface area contributed by atoms with Gasteiger partial charge in [0, 0.05) is 32.0 Å². The van der Waals surface area contributed by atoms with Gasteiger partial charge in [-0.1, -0.05) is 24.3 Å². The predicted octanol–water partition coefficient (Wildman–Crippen LogP) is 5.66. The van der Waals surface area contributed by atoms with Gasteiger partial charge >= 0.3 is 5.97 Å². The van der Waals surface area contributed by atoms with Gasteiger partial charge in [0.2, 0.25) is 0 Å². The van der Waals surface area contributed by atoms with Crippen molar-refractivity contribution >= 4 is 11.8 Å². The molecule has 0 N–H and O–H groups in total. The number of ketones is 1. The molecule has 0 spiro atoms. The van der Waals surface area contributed by atoms with Gasteiger partial charge in [-0.05, 0) is 88.8 Å². The molecule has 7 heteroatoms. The van der Waals surface area contributed by atoms with Crippen LogP contribution in [0.25, 0.3) is 0 Å². The number of hydrogen-bond acceptors (Lipinski definition) is 7. The normalized spacial score (nSPS) is 29.7. The average molecular weight is 529 g/mol. The quantitative estimate of drug-likeness (QED) is 0.256. The third kappa shape index (κ3) is 8.92. The fourth-order valence-electron chi connectivity index (χ4n) is 5.87. The maximum absolute atomic E-state index is 12.6. The van der Waals surface area contributed by atoms with Gasteiger partial charge in [-0.3, -0.25) is 9.59 Å². The van der Waals surface area contributed by atoms with Crippen molar-refractivity contribution in [1.82, 2.24) is 0 Å². The van der Waals surface area contributed by atoms with Crippen LogP contribution in [0, 0.1) is 17.8 Å². The van der Waals surface area contributed by atoms with Crippen molar-refractivity contribution in [1.29, 1.82) is 0 Å². The fraction of sp³-hybridized carbons (Fsp3) is 0.677. The Hall–Kier alpha value is -2.22. The Morgan fingerprint density at radius 3 is 2.68 bits per heavy atom. The Bertz CT molecular complexity index is 893. The molecular weight excluding hydrogens is 484 g/mol. The number of benzene rings is 1. The minimum absolute atomic E-state index is 0.0103. The predicted molar refractivity (Wildman–Crippen MR) is 144 cm³/mol. The molecule has 1 saturated carbocycles. The van der Waals surface area contributed by atoms with E-state index in [1.807, 2.05) is 50.3 Å². The van der Waals surface area contributed by atoms with Crippen LogP contribution in [-0.2, 0) is 28.5 Å². The summed E-state index contributed by atoms with van der Waals surface area (Å²) in [4.78, 5) is 24.5. The molecule has 0 radical (unpaired) electrons. The van der Waals surface area contributed by atoms with Crippen LogP contribution in [0.1, 0.15) is 71.6 Å². The van der Waals surface area contributed by atoms with Crippen LogP contribution in [0.5, 0.6) is 5.75 Å². The number of ether oxygens (including phenoxy) is 5. The van der Waals surface area contributed by atoms with Gasteiger partial charge in [0.15, 0.2) is 18.7 Å². The van der Waals surface area contributed by atoms with E-state index >= 15 is 0 Å². The molecule has 0 aromatic heterocycles. The highest BCUT2D eigenvalue weighted by Crippen LogP contribution is 2.44. The average Bonchev–Trinajstić information content (AvgIpc) is 3.10. The second-order valence-electron chi connectivity index (χ2n) is 11.1. The molecule has 4 rings (SSSR count). The van der Waals surface area contributed by atoms with Crippen molar-refractivity contribution in [3.63, 3.8) is 0 Å². The highest BCUT2D eigenvalue weighted by molar-refractivity contribution is 5.91. The van der Waals surface area contributed by atoms with Crippen LogP contribution in [0.2, 0.25) is 0 Å². The van der Waals surface area contributed by atoms with Crippen molar-refractivity contribution in [3.05, 3.63) is 42.5 Å². The number of hydrogen-bond donors (Lipinski definition) is 0. The van der Waals surface area contributed by atoms with Crippen LogP contribution in [-0.4, -0.2) is 56.2 Å². The topological polar surface area (TPSA) is 80.3 Å². The van der Waals surface area contributed by atoms with Crippen molar-refractivity contribution in [2.24, 2.45) is 17.8 Å². The molecule has 1 aromatic carbocycles. The summed E-state index contributed by atoms with van der Waals surface area (Å²) in [6, 6.07) is 9.39. The highest BCUT2D eigenvalue weighted by Gasteiger charge is 2.45. The number of esters is 1. The first-order chi connectivity index (χ1) is 18.5. The number of rotatable bonds is 12. The lowest BCUT2D eigenvalue weighted by Gasteiger charge is -2.29. The van der Waals surface area contributed by atoms with E-state index in [9.17, 15) is 9.59 Å². The molecule has 1 aromatic rings. The van der Waals surface area contributed by atoms with Gasteiger partial charge in [0.1, 0.15) is 5.75 Å². The van der Waals surface area contributed by atoms with Crippen molar-refractivity contribution in [3.8, 4) is 5.75 Å². The Kier molecular flexibility index (Phi) is 11.2. The monoisotopic (exact) mass is 528 g/mol. The van der Waals surface area contributed by atoms with E-state index in [0.717, 1.165) is 58.0 Å². The summed E-state index contributed by atoms with van der Waals surface area (Å²) in [5.74, 6) is 1.31. The van der Waals surface area contributed by atoms with E-state index in [2.05, 4.69) is 0 Å². The Labute approximate surface area is 227 Å². The molecule has 3 aliphatic rings. The Morgan fingerprint density at radius 2 is 1.92 bits per heavy atom. The molecule has 38 heavy (non-hydrogen) atoms. The summed E-state index contributed by atoms with van der Waals surface area (Å²) in [7, 11) is 0. The van der Waals surface area contributed by atoms with Gasteiger partial charge in [-0.15, -0.1) is 0 Å². The van der Waals surface area contributed by atoms with Crippen molar-refractivity contribution in [2.75, 3.05) is 19.8 Å². The Balaban J connectivity index is 1.33. The lowest BCUT2D eigenvalue weighted by atomic mass is 9.86. The van der Waals surface area contributed by atoms with E-state index in [-0.39, 0.29) is 48.9 Å². The van der Waals surface area contributed by atoms with Gasteiger partial charge in [0.05, 0.1) is 18.3 Å². The zero-order valence-corrected chi connectivity index (χ0v) is 22.9. The maximum atomic E-state index is 12.6. The highest BCUT2D eigenvalue weighted by atomic mass is 16.7. The summed E-state index contributed by atoms with van der Waals surface area (Å²) in [5.41, 5.74) is 0. The summed E-state index contributed by atoms with van der Waals surface area (Å²) in [6.45, 7) is 5.20. The van der Waals surface area contributed by atoms with E-state index in [1.165, 1.54) is 0 Å². The lowest BCUT2D eigenvalue weighted by Crippen LogP contribution is -2.31. The van der Waals surface area contributed by atoms with Crippen LogP contribution in [0.15, 0.2) is 42.5 Å². The van der Waals surface area contributed by atoms with Gasteiger partial charge < -0.3 is 23.7 Å². The number of carbonyl (C=O) groups is 2. The zero-order valence-electron chi connectivity index (χ0n) is 22.9. The molecule has 3 fully saturated rings. The molecule has 1 unspecified atom stereocenters. The summed E-state index contributed by atoms with van der Waals surface area (Å²) < 4.78 is 29.7. The van der Waals surface area contributed by atoms with Crippen LogP contribution in [0.4, 0.5) is 0 Å². The second-order valence-corrected chi connectivity index (χ2v) is 11.1. The second kappa shape index (κ2) is 14.8. The molecule has 0 bridgehead atoms. The number of para-hydroxylation sites is 1. The molecule has 7 nitrogen and oxygen atoms in total. The number of fused-ring (bicyclic) bond motifs is 1. The smallest absolute Gasteiger partial charge is 0.306 e. The zero-order chi connectivity index (χ0) is 26.7. The molecule has 6 atom stereocenters. The minimum atomic E-state index is -0.178. The molecule has 2 aliphatic heterocycles. The van der Waals surface area contributed by atoms with E-state index in [4.69, 9.17) is 23.7 Å². The molecule has 1 aliphatic carbocycles. The van der Waals surface area contributed by atoms with E-state index in [1.54, 1.807) is 6.08 Å². The summed E-state index contributed by atoms with van der Waals surface area (Å²) in [5, 5.41) is 0. The first-order valence-electron chi connectivity index (χ1n) is 14.4. The summed E-state index contributed by atoms with van der Waals surface area (Å²) in [6.07, 6.45) is 11.7. The van der Waals surface area contributed by atoms with Gasteiger partial charge in [-0.2, -0.15) is 0 Å². The SMILES string of the molecule is CC(C)OC(=O)CCC[C@H]1CC[C@@H]2[C@@H](C=CC(=O)COc3ccccc3)[C@H](OC3CCCCO3)C[C@@H]2OC1. The molecule has 210 valence electrons. The number of carbonyl (C=O) groups excluding carboxylic acids is 2.